The van der Waals surface area contributed by atoms with E-state index in [1.807, 2.05) is 5.32 Å². The summed E-state index contributed by atoms with van der Waals surface area (Å²) in [6.45, 7) is 3.67. The fourth-order valence-electron chi connectivity index (χ4n) is 2.80. The lowest BCUT2D eigenvalue weighted by atomic mass is 10.1. The predicted molar refractivity (Wildman–Crippen MR) is 117 cm³/mol. The first-order valence-corrected chi connectivity index (χ1v) is 10.0. The Morgan fingerprint density at radius 2 is 1.64 bits per heavy atom. The number of benzene rings is 1. The summed E-state index contributed by atoms with van der Waals surface area (Å²) in [5.74, 6) is -11.0. The van der Waals surface area contributed by atoms with Crippen LogP contribution < -0.4 is 25.3 Å². The van der Waals surface area contributed by atoms with Crippen LogP contribution in [0, 0.1) is 5.82 Å². The smallest absolute Gasteiger partial charge is 0.490 e. The summed E-state index contributed by atoms with van der Waals surface area (Å²) >= 11 is 0. The van der Waals surface area contributed by atoms with E-state index in [9.17, 15) is 40.3 Å². The molecule has 0 aliphatic heterocycles. The van der Waals surface area contributed by atoms with Gasteiger partial charge in [-0.25, -0.2) is 14.4 Å². The molecule has 0 fully saturated rings. The number of nitrogens with two attached hydrogens (primary N) is 1. The second-order valence-corrected chi connectivity index (χ2v) is 7.03. The van der Waals surface area contributed by atoms with Crippen molar-refractivity contribution in [2.24, 2.45) is 5.73 Å². The second kappa shape index (κ2) is 11.8. The summed E-state index contributed by atoms with van der Waals surface area (Å²) in [5.41, 5.74) is 1.27. The van der Waals surface area contributed by atoms with Gasteiger partial charge in [0.1, 0.15) is 11.3 Å². The number of carbonyl (C=O) groups is 2. The lowest BCUT2D eigenvalue weighted by Crippen LogP contribution is -2.22. The fourth-order valence-corrected chi connectivity index (χ4v) is 2.80. The van der Waals surface area contributed by atoms with Crippen molar-refractivity contribution < 1.29 is 58.9 Å². The normalized spacial score (nSPS) is 13.1. The lowest BCUT2D eigenvalue weighted by Gasteiger charge is -2.18. The number of hydrogen-bond acceptors (Lipinski definition) is 7. The van der Waals surface area contributed by atoms with Crippen LogP contribution in [0.3, 0.4) is 0 Å². The second-order valence-electron chi connectivity index (χ2n) is 7.03. The summed E-state index contributed by atoms with van der Waals surface area (Å²) in [7, 11) is 0.811. The summed E-state index contributed by atoms with van der Waals surface area (Å²) in [6.07, 6.45) is -8.90. The first-order chi connectivity index (χ1) is 18.0. The quantitative estimate of drug-likeness (QED) is 0.191. The number of halogens is 8. The van der Waals surface area contributed by atoms with Gasteiger partial charge in [0, 0.05) is 0 Å². The molecule has 0 atom stereocenters. The Hall–Kier alpha value is -4.70. The summed E-state index contributed by atoms with van der Waals surface area (Å²) in [4.78, 5) is 30.9. The average Bonchev–Trinajstić information content (AvgIpc) is 2.80. The van der Waals surface area contributed by atoms with E-state index < -0.39 is 76.0 Å². The topological polar surface area (TPSA) is 126 Å². The lowest BCUT2D eigenvalue weighted by molar-refractivity contribution is -0.275. The largest absolute Gasteiger partial charge is 0.573 e. The molecule has 0 aliphatic rings. The number of methoxy groups -OCH3 is 1. The third kappa shape index (κ3) is 7.65. The van der Waals surface area contributed by atoms with Crippen LogP contribution in [-0.2, 0) is 4.79 Å². The number of nitrogens with one attached hydrogen (secondary N) is 1. The van der Waals surface area contributed by atoms with Gasteiger partial charge in [-0.1, -0.05) is 12.7 Å². The van der Waals surface area contributed by atoms with Crippen molar-refractivity contribution in [3.05, 3.63) is 71.6 Å². The van der Waals surface area contributed by atoms with E-state index >= 15 is 4.39 Å². The number of carbonyl (C=O) groups excluding carboxylic acids is 2. The van der Waals surface area contributed by atoms with E-state index in [1.54, 1.807) is 0 Å². The highest BCUT2D eigenvalue weighted by atomic mass is 19.4. The van der Waals surface area contributed by atoms with Crippen molar-refractivity contribution in [3.8, 4) is 17.2 Å². The zero-order chi connectivity index (χ0) is 29.7. The van der Waals surface area contributed by atoms with Crippen molar-refractivity contribution in [3.63, 3.8) is 0 Å². The maximum atomic E-state index is 15.2. The van der Waals surface area contributed by atoms with Gasteiger partial charge >= 0.3 is 12.5 Å². The van der Waals surface area contributed by atoms with Crippen LogP contribution in [-0.4, -0.2) is 41.4 Å². The molecule has 210 valence electrons. The molecule has 9 nitrogen and oxygen atoms in total. The van der Waals surface area contributed by atoms with Gasteiger partial charge in [-0.3, -0.25) is 9.59 Å². The minimum absolute atomic E-state index is 0.0736. The molecule has 39 heavy (non-hydrogen) atoms. The van der Waals surface area contributed by atoms with Gasteiger partial charge in [-0.15, -0.1) is 13.2 Å². The van der Waals surface area contributed by atoms with Gasteiger partial charge in [0.25, 0.3) is 11.8 Å². The van der Waals surface area contributed by atoms with Crippen molar-refractivity contribution in [2.75, 3.05) is 12.4 Å². The molecule has 2 rings (SSSR count). The van der Waals surface area contributed by atoms with Crippen molar-refractivity contribution in [1.29, 1.82) is 0 Å². The molecular formula is C22H16F8N4O5. The van der Waals surface area contributed by atoms with Crippen molar-refractivity contribution in [2.45, 2.75) is 19.5 Å². The number of alkyl halides is 6. The molecule has 0 bridgehead atoms. The summed E-state index contributed by atoms with van der Waals surface area (Å²) in [5, 5.41) is 1.98. The van der Waals surface area contributed by atoms with Gasteiger partial charge in [-0.2, -0.15) is 17.6 Å². The zero-order valence-electron chi connectivity index (χ0n) is 19.6. The number of rotatable bonds is 9. The van der Waals surface area contributed by atoms with E-state index in [1.165, 1.54) is 0 Å². The van der Waals surface area contributed by atoms with E-state index in [4.69, 9.17) is 10.5 Å². The minimum atomic E-state index is -5.34. The third-order valence-corrected chi connectivity index (χ3v) is 4.39. The Bertz CT molecular complexity index is 1340. The fraction of sp³-hybridized carbons (Fsp3) is 0.182. The Kier molecular flexibility index (Phi) is 9.22. The third-order valence-electron chi connectivity index (χ3n) is 4.39. The highest BCUT2D eigenvalue weighted by Crippen LogP contribution is 2.40. The number of hydrogen-bond donors (Lipinski definition) is 2. The first kappa shape index (κ1) is 30.5. The van der Waals surface area contributed by atoms with Gasteiger partial charge < -0.3 is 25.3 Å². The number of anilines is 1. The monoisotopic (exact) mass is 568 g/mol. The average molecular weight is 568 g/mol. The van der Waals surface area contributed by atoms with Gasteiger partial charge in [-0.05, 0) is 19.1 Å². The molecule has 1 heterocycles. The van der Waals surface area contributed by atoms with E-state index in [0.717, 1.165) is 26.4 Å². The highest BCUT2D eigenvalue weighted by Gasteiger charge is 2.38. The number of allylic oxidation sites excluding steroid dienone is 3. The standard InChI is InChI=1S/C22H16F8N4O5/c1-4-11(21(25,26)27)15(23)14(20(36)34-10-7-32-19(18(31)35)33-8-10)9(2)38-13-6-5-12(39-22(28,29)30)16(24)17(13)37-3/h4-8H,1H2,2-3H3,(H2,31,35)(H,34,36)/b14-9-,15-11-. The molecule has 0 unspecified atom stereocenters. The molecule has 17 heteroatoms. The van der Waals surface area contributed by atoms with E-state index in [2.05, 4.69) is 26.0 Å². The van der Waals surface area contributed by atoms with Crippen LogP contribution in [0.1, 0.15) is 17.5 Å². The molecule has 0 radical (unpaired) electrons. The van der Waals surface area contributed by atoms with Crippen molar-refractivity contribution in [1.82, 2.24) is 9.97 Å². The SMILES string of the molecule is C=C/C(=C(F)\C(C(=O)Nc1cnc(C(N)=O)nc1)=C(/C)Oc1ccc(OC(F)(F)F)c(F)c1OC)C(F)(F)F. The summed E-state index contributed by atoms with van der Waals surface area (Å²) in [6, 6.07) is 1.11. The number of nitrogens with zero attached hydrogens (tertiary/aromatic N) is 2. The van der Waals surface area contributed by atoms with Crippen LogP contribution in [0.15, 0.2) is 59.9 Å². The van der Waals surface area contributed by atoms with Crippen LogP contribution in [0.4, 0.5) is 40.8 Å². The Morgan fingerprint density at radius 1 is 1.08 bits per heavy atom. The highest BCUT2D eigenvalue weighted by molar-refractivity contribution is 6.07. The van der Waals surface area contributed by atoms with Gasteiger partial charge in [0.15, 0.2) is 17.3 Å². The molecule has 1 aromatic heterocycles. The molecule has 1 aromatic carbocycles. The van der Waals surface area contributed by atoms with Crippen molar-refractivity contribution >= 4 is 17.5 Å². The molecule has 0 saturated carbocycles. The Labute approximate surface area is 213 Å². The Balaban J connectivity index is 2.64. The maximum Gasteiger partial charge on any atom is 0.573 e. The number of primary amides is 1. The predicted octanol–water partition coefficient (Wildman–Crippen LogP) is 4.89. The van der Waals surface area contributed by atoms with E-state index in [0.29, 0.717) is 12.1 Å². The first-order valence-electron chi connectivity index (χ1n) is 10.0. The maximum absolute atomic E-state index is 15.2. The molecule has 0 aliphatic carbocycles. The zero-order valence-corrected chi connectivity index (χ0v) is 19.6. The van der Waals surface area contributed by atoms with Crippen LogP contribution in [0.5, 0.6) is 17.2 Å². The molecule has 0 saturated heterocycles. The molecule has 2 aromatic rings. The van der Waals surface area contributed by atoms with Gasteiger partial charge in [0.2, 0.25) is 17.4 Å². The molecule has 2 amide bonds. The van der Waals surface area contributed by atoms with Gasteiger partial charge in [0.05, 0.1) is 30.8 Å². The van der Waals surface area contributed by atoms with E-state index in [-0.39, 0.29) is 11.8 Å². The number of aromatic nitrogens is 2. The minimum Gasteiger partial charge on any atom is -0.490 e. The number of ether oxygens (including phenoxy) is 3. The van der Waals surface area contributed by atoms with Crippen LogP contribution in [0.2, 0.25) is 0 Å². The Morgan fingerprint density at radius 3 is 2.10 bits per heavy atom. The van der Waals surface area contributed by atoms with Crippen LogP contribution in [0.25, 0.3) is 0 Å². The van der Waals surface area contributed by atoms with Crippen LogP contribution >= 0.6 is 0 Å². The molecule has 3 N–H and O–H groups in total. The number of amides is 2. The summed E-state index contributed by atoms with van der Waals surface area (Å²) < 4.78 is 121. The molecular weight excluding hydrogens is 552 g/mol. The molecule has 0 spiro atoms.